The predicted molar refractivity (Wildman–Crippen MR) is 54.2 cm³/mol. The molecule has 2 heterocycles. The molecule has 1 N–H and O–H groups in total. The van der Waals surface area contributed by atoms with E-state index in [1.165, 1.54) is 12.8 Å². The van der Waals surface area contributed by atoms with Crippen molar-refractivity contribution in [3.05, 3.63) is 0 Å². The van der Waals surface area contributed by atoms with E-state index < -0.39 is 0 Å². The second-order valence-electron chi connectivity index (χ2n) is 4.52. The largest absolute Gasteiger partial charge is 0.384 e. The van der Waals surface area contributed by atoms with E-state index in [4.69, 9.17) is 4.74 Å². The molecule has 2 rings (SSSR count). The van der Waals surface area contributed by atoms with E-state index in [0.29, 0.717) is 36.8 Å². The first-order valence-corrected chi connectivity index (χ1v) is 5.57. The van der Waals surface area contributed by atoms with E-state index >= 15 is 0 Å². The first-order valence-electron chi connectivity index (χ1n) is 5.57. The molecular formula is C11H19NO2. The number of piperidine rings is 1. The Morgan fingerprint density at radius 2 is 2.00 bits per heavy atom. The Labute approximate surface area is 85.2 Å². The van der Waals surface area contributed by atoms with Crippen LogP contribution < -0.4 is 5.32 Å². The van der Waals surface area contributed by atoms with Crippen molar-refractivity contribution < 1.29 is 9.53 Å². The smallest absolute Gasteiger partial charge is 0.138 e. The average molecular weight is 197 g/mol. The molecule has 2 aliphatic heterocycles. The van der Waals surface area contributed by atoms with Crippen LogP contribution in [-0.2, 0) is 9.53 Å². The molecule has 2 bridgehead atoms. The summed E-state index contributed by atoms with van der Waals surface area (Å²) in [7, 11) is 1.65. The summed E-state index contributed by atoms with van der Waals surface area (Å²) in [6.07, 6.45) is 5.23. The number of nitrogens with one attached hydrogen (secondary N) is 1. The van der Waals surface area contributed by atoms with Crippen LogP contribution in [0.4, 0.5) is 0 Å². The third-order valence-corrected chi connectivity index (χ3v) is 3.48. The first-order chi connectivity index (χ1) is 6.79. The number of carbonyl (C=O) groups excluding carboxylic acids is 1. The number of hydrogen-bond donors (Lipinski definition) is 1. The monoisotopic (exact) mass is 197 g/mol. The van der Waals surface area contributed by atoms with Crippen molar-refractivity contribution in [1.82, 2.24) is 5.32 Å². The fraction of sp³-hybridized carbons (Fsp3) is 0.909. The lowest BCUT2D eigenvalue weighted by molar-refractivity contribution is -0.124. The van der Waals surface area contributed by atoms with Crippen molar-refractivity contribution in [2.75, 3.05) is 13.7 Å². The number of hydrogen-bond acceptors (Lipinski definition) is 3. The molecule has 2 saturated heterocycles. The summed E-state index contributed by atoms with van der Waals surface area (Å²) in [5.41, 5.74) is 0. The molecule has 80 valence electrons. The highest BCUT2D eigenvalue weighted by Crippen LogP contribution is 2.31. The first kappa shape index (κ1) is 10.1. The average Bonchev–Trinajstić information content (AvgIpc) is 2.54. The van der Waals surface area contributed by atoms with Gasteiger partial charge in [-0.3, -0.25) is 4.79 Å². The maximum absolute atomic E-state index is 11.8. The molecule has 0 aromatic rings. The van der Waals surface area contributed by atoms with Crippen LogP contribution in [0.1, 0.15) is 32.1 Å². The van der Waals surface area contributed by atoms with Gasteiger partial charge < -0.3 is 10.1 Å². The minimum atomic E-state index is 0.309. The lowest BCUT2D eigenvalue weighted by Gasteiger charge is -2.27. The van der Waals surface area contributed by atoms with Gasteiger partial charge in [0.2, 0.25) is 0 Å². The lowest BCUT2D eigenvalue weighted by atomic mass is 9.88. The molecule has 2 fully saturated rings. The molecule has 0 aromatic carbocycles. The van der Waals surface area contributed by atoms with Crippen LogP contribution >= 0.6 is 0 Å². The van der Waals surface area contributed by atoms with E-state index in [0.717, 1.165) is 12.8 Å². The summed E-state index contributed by atoms with van der Waals surface area (Å²) in [5.74, 6) is 0.717. The Bertz CT molecular complexity index is 205. The zero-order chi connectivity index (χ0) is 9.97. The Morgan fingerprint density at radius 1 is 1.36 bits per heavy atom. The van der Waals surface area contributed by atoms with Crippen molar-refractivity contribution in [2.45, 2.75) is 44.2 Å². The second kappa shape index (κ2) is 4.41. The van der Waals surface area contributed by atoms with E-state index in [9.17, 15) is 4.79 Å². The van der Waals surface area contributed by atoms with Crippen molar-refractivity contribution in [3.63, 3.8) is 0 Å². The summed E-state index contributed by atoms with van der Waals surface area (Å²) in [4.78, 5) is 11.8. The van der Waals surface area contributed by atoms with Gasteiger partial charge in [0.1, 0.15) is 5.78 Å². The zero-order valence-electron chi connectivity index (χ0n) is 8.79. The van der Waals surface area contributed by atoms with Crippen LogP contribution in [-0.4, -0.2) is 31.6 Å². The topological polar surface area (TPSA) is 38.3 Å². The van der Waals surface area contributed by atoms with E-state index in [1.54, 1.807) is 7.11 Å². The fourth-order valence-corrected chi connectivity index (χ4v) is 2.73. The van der Waals surface area contributed by atoms with Crippen molar-refractivity contribution >= 4 is 5.78 Å². The SMILES string of the molecule is COCCC(=O)C1CC2CCC(C1)N2. The van der Waals surface area contributed by atoms with Gasteiger partial charge in [0, 0.05) is 31.5 Å². The number of carbonyl (C=O) groups is 1. The summed E-state index contributed by atoms with van der Waals surface area (Å²) in [5, 5.41) is 3.55. The number of ketones is 1. The Hall–Kier alpha value is -0.410. The predicted octanol–water partition coefficient (Wildman–Crippen LogP) is 1.12. The van der Waals surface area contributed by atoms with Crippen molar-refractivity contribution in [3.8, 4) is 0 Å². The van der Waals surface area contributed by atoms with Gasteiger partial charge in [-0.2, -0.15) is 0 Å². The highest BCUT2D eigenvalue weighted by molar-refractivity contribution is 5.81. The van der Waals surface area contributed by atoms with Gasteiger partial charge in [-0.05, 0) is 25.7 Å². The number of ether oxygens (including phenoxy) is 1. The summed E-state index contributed by atoms with van der Waals surface area (Å²) in [6, 6.07) is 1.23. The van der Waals surface area contributed by atoms with Crippen LogP contribution in [0.5, 0.6) is 0 Å². The Kier molecular flexibility index (Phi) is 3.19. The molecule has 3 heteroatoms. The Morgan fingerprint density at radius 3 is 2.57 bits per heavy atom. The second-order valence-corrected chi connectivity index (χ2v) is 4.52. The van der Waals surface area contributed by atoms with Gasteiger partial charge in [-0.25, -0.2) is 0 Å². The molecule has 14 heavy (non-hydrogen) atoms. The fourth-order valence-electron chi connectivity index (χ4n) is 2.73. The quantitative estimate of drug-likeness (QED) is 0.734. The molecule has 0 aromatic heterocycles. The van der Waals surface area contributed by atoms with E-state index in [-0.39, 0.29) is 0 Å². The molecule has 0 amide bonds. The third-order valence-electron chi connectivity index (χ3n) is 3.48. The highest BCUT2D eigenvalue weighted by Gasteiger charge is 2.35. The number of fused-ring (bicyclic) bond motifs is 2. The number of methoxy groups -OCH3 is 1. The summed E-state index contributed by atoms with van der Waals surface area (Å²) >= 11 is 0. The van der Waals surface area contributed by atoms with Crippen LogP contribution in [0, 0.1) is 5.92 Å². The van der Waals surface area contributed by atoms with E-state index in [1.807, 2.05) is 0 Å². The molecule has 2 unspecified atom stereocenters. The Balaban J connectivity index is 1.83. The molecule has 2 atom stereocenters. The summed E-state index contributed by atoms with van der Waals surface area (Å²) in [6.45, 7) is 0.581. The van der Waals surface area contributed by atoms with E-state index in [2.05, 4.69) is 5.32 Å². The van der Waals surface area contributed by atoms with Crippen LogP contribution in [0.25, 0.3) is 0 Å². The van der Waals surface area contributed by atoms with Crippen molar-refractivity contribution in [2.24, 2.45) is 5.92 Å². The molecule has 2 aliphatic rings. The zero-order valence-corrected chi connectivity index (χ0v) is 8.79. The summed E-state index contributed by atoms with van der Waals surface area (Å²) < 4.78 is 4.94. The van der Waals surface area contributed by atoms with Gasteiger partial charge in [0.05, 0.1) is 6.61 Å². The van der Waals surface area contributed by atoms with Crippen LogP contribution in [0.3, 0.4) is 0 Å². The standard InChI is InChI=1S/C11H19NO2/c1-14-5-4-11(13)8-6-9-2-3-10(7-8)12-9/h8-10,12H,2-7H2,1H3. The lowest BCUT2D eigenvalue weighted by Crippen LogP contribution is -2.40. The van der Waals surface area contributed by atoms with Crippen molar-refractivity contribution in [1.29, 1.82) is 0 Å². The molecular weight excluding hydrogens is 178 g/mol. The number of rotatable bonds is 4. The minimum absolute atomic E-state index is 0.309. The molecule has 0 saturated carbocycles. The van der Waals surface area contributed by atoms with Gasteiger partial charge >= 0.3 is 0 Å². The van der Waals surface area contributed by atoms with Gasteiger partial charge in [0.25, 0.3) is 0 Å². The van der Waals surface area contributed by atoms with Crippen LogP contribution in [0.15, 0.2) is 0 Å². The van der Waals surface area contributed by atoms with Crippen LogP contribution in [0.2, 0.25) is 0 Å². The third kappa shape index (κ3) is 2.15. The van der Waals surface area contributed by atoms with Gasteiger partial charge in [-0.15, -0.1) is 0 Å². The number of Topliss-reactive ketones (excluding diaryl/α,β-unsaturated/α-hetero) is 1. The minimum Gasteiger partial charge on any atom is -0.384 e. The van der Waals surface area contributed by atoms with Gasteiger partial charge in [-0.1, -0.05) is 0 Å². The highest BCUT2D eigenvalue weighted by atomic mass is 16.5. The maximum atomic E-state index is 11.8. The maximum Gasteiger partial charge on any atom is 0.138 e. The molecule has 3 nitrogen and oxygen atoms in total. The molecule has 0 spiro atoms. The molecule has 0 aliphatic carbocycles. The molecule has 0 radical (unpaired) electrons. The van der Waals surface area contributed by atoms with Gasteiger partial charge in [0.15, 0.2) is 0 Å². The normalized spacial score (nSPS) is 35.9.